The second-order valence-corrected chi connectivity index (χ2v) is 33.4. The van der Waals surface area contributed by atoms with E-state index in [2.05, 4.69) is 31.9 Å². The summed E-state index contributed by atoms with van der Waals surface area (Å²) in [5.74, 6) is -8.21. The van der Waals surface area contributed by atoms with Crippen LogP contribution in [0.2, 0.25) is 0 Å². The predicted octanol–water partition coefficient (Wildman–Crippen LogP) is 12.9. The molecule has 4 aliphatic rings. The zero-order valence-electron chi connectivity index (χ0n) is 72.9. The van der Waals surface area contributed by atoms with Gasteiger partial charge < -0.3 is 61.9 Å². The lowest BCUT2D eigenvalue weighted by Crippen LogP contribution is -2.46. The molecule has 2 saturated carbocycles. The maximum atomic E-state index is 13.9. The average molecular weight is 1770 g/mol. The smallest absolute Gasteiger partial charge is 0.411 e. The molecule has 0 bridgehead atoms. The molecule has 2 fully saturated rings. The minimum atomic E-state index is -1.21. The molecule has 2 heterocycles. The van der Waals surface area contributed by atoms with E-state index in [0.717, 1.165) is 18.6 Å². The molecule has 0 aromatic heterocycles. The molecule has 2 aliphatic carbocycles. The Kier molecular flexibility index (Phi) is 38.9. The standard InChI is InChI=1S/C51H65N5O12.C43H49N5O12/c1-49(2,3)67-44(61)25-18-34-15-19-36(20-26-45(62)68-50(4,5)6)39(31-34)55-48(65)66-33-35-16-21-38(22-17-35)54-46(63)37(13-11-29-53-47(52)64)32-41(58)51(27-12-28-51)40(57)14-9-7-8-10-30-56-42(59)23-24-43(56)60;44-41(58)45-23-5-7-31(26-35(50)43(21-6-22-43)34(49)8-3-1-2-4-24-48-36(51)17-18-37(48)52)40(57)46-32-15-10-29(11-16-32)27-60-42(59)47-33-25-28(12-19-38(53)54)9-13-30(33)14-20-39(55)56/h15-26,31,37H,7-14,27-30,32-33H2,1-6H3,(H,54,63)(H,55,65)(H3,52,53,64);9-20,25,31H,1-8,21-24,26-27H2,(H,46,57)(H,47,59)(H,53,54)(H,55,56)(H3,44,45,58)/b25-18+,26-20+;19-12+,20-14+/t37-;31-/m11/s1. The number of carboxylic acids is 2. The third-order valence-electron chi connectivity index (χ3n) is 21.3. The minimum absolute atomic E-state index is 0.139. The molecule has 8 rings (SSSR count). The van der Waals surface area contributed by atoms with Gasteiger partial charge in [-0.3, -0.25) is 68.4 Å². The van der Waals surface area contributed by atoms with Crippen molar-refractivity contribution in [3.63, 3.8) is 0 Å². The third-order valence-corrected chi connectivity index (χ3v) is 21.3. The maximum Gasteiger partial charge on any atom is 0.411 e. The van der Waals surface area contributed by atoms with Gasteiger partial charge in [0.2, 0.25) is 11.8 Å². The molecule has 0 saturated heterocycles. The van der Waals surface area contributed by atoms with Crippen LogP contribution in [0.25, 0.3) is 24.3 Å². The molecule has 34 heteroatoms. The molecule has 684 valence electrons. The molecular weight excluding hydrogens is 1650 g/mol. The maximum absolute atomic E-state index is 13.9. The largest absolute Gasteiger partial charge is 0.478 e. The van der Waals surface area contributed by atoms with Crippen molar-refractivity contribution in [2.24, 2.45) is 34.1 Å². The second-order valence-electron chi connectivity index (χ2n) is 33.4. The summed E-state index contributed by atoms with van der Waals surface area (Å²) in [6.45, 7) is 11.1. The number of imide groups is 2. The number of aliphatic carboxylic acids is 2. The summed E-state index contributed by atoms with van der Waals surface area (Å²) in [7, 11) is 0. The van der Waals surface area contributed by atoms with E-state index in [9.17, 15) is 86.3 Å². The number of urea groups is 2. The Morgan fingerprint density at radius 1 is 0.430 bits per heavy atom. The number of benzene rings is 4. The van der Waals surface area contributed by atoms with E-state index >= 15 is 0 Å². The van der Waals surface area contributed by atoms with Crippen LogP contribution < -0.4 is 43.4 Å². The molecule has 2 aliphatic heterocycles. The van der Waals surface area contributed by atoms with Gasteiger partial charge in [-0.25, -0.2) is 38.4 Å². The number of carboxylic acid groups (broad SMARTS) is 2. The van der Waals surface area contributed by atoms with Crippen LogP contribution in [0.15, 0.2) is 134 Å². The third kappa shape index (κ3) is 33.9. The van der Waals surface area contributed by atoms with Crippen LogP contribution >= 0.6 is 0 Å². The van der Waals surface area contributed by atoms with Gasteiger partial charge in [0, 0.05) is 124 Å². The first-order chi connectivity index (χ1) is 60.7. The summed E-state index contributed by atoms with van der Waals surface area (Å²) in [6.07, 6.45) is 22.6. The molecule has 2 atom stereocenters. The van der Waals surface area contributed by atoms with Gasteiger partial charge in [-0.1, -0.05) is 87.1 Å². The topological polar surface area (TPSA) is 515 Å². The number of ether oxygens (including phenoxy) is 4. The second kappa shape index (κ2) is 49.2. The summed E-state index contributed by atoms with van der Waals surface area (Å²) < 4.78 is 21.5. The van der Waals surface area contributed by atoms with E-state index in [-0.39, 0.29) is 123 Å². The summed E-state index contributed by atoms with van der Waals surface area (Å²) in [6, 6.07) is 21.0. The number of carbonyl (C=O) groups excluding carboxylic acids is 16. The number of ketones is 4. The first-order valence-corrected chi connectivity index (χ1v) is 42.6. The zero-order valence-corrected chi connectivity index (χ0v) is 72.9. The normalized spacial score (nSPS) is 14.8. The fourth-order valence-electron chi connectivity index (χ4n) is 14.3. The van der Waals surface area contributed by atoms with Crippen LogP contribution in [0.5, 0.6) is 0 Å². The highest BCUT2D eigenvalue weighted by molar-refractivity contribution is 6.14. The number of nitrogens with zero attached hydrogens (tertiary/aromatic N) is 2. The Balaban J connectivity index is 0.000000353. The number of rotatable bonds is 48. The monoisotopic (exact) mass is 1770 g/mol. The Morgan fingerprint density at radius 2 is 0.773 bits per heavy atom. The lowest BCUT2D eigenvalue weighted by Gasteiger charge is -2.39. The first kappa shape index (κ1) is 101. The van der Waals surface area contributed by atoms with Crippen molar-refractivity contribution in [3.8, 4) is 0 Å². The van der Waals surface area contributed by atoms with Crippen molar-refractivity contribution in [2.75, 3.05) is 47.4 Å². The number of anilines is 4. The van der Waals surface area contributed by atoms with E-state index in [1.54, 1.807) is 114 Å². The number of Topliss-reactive ketones (excluding diaryl/α,β-unsaturated/α-hetero) is 4. The fourth-order valence-corrected chi connectivity index (χ4v) is 14.3. The van der Waals surface area contributed by atoms with E-state index in [1.165, 1.54) is 82.7 Å². The van der Waals surface area contributed by atoms with E-state index < -0.39 is 93.8 Å². The molecule has 0 radical (unpaired) electrons. The molecule has 0 spiro atoms. The van der Waals surface area contributed by atoms with Crippen LogP contribution in [0.4, 0.5) is 41.9 Å². The van der Waals surface area contributed by atoms with E-state index in [4.69, 9.17) is 40.6 Å². The lowest BCUT2D eigenvalue weighted by atomic mass is 9.61. The van der Waals surface area contributed by atoms with Crippen LogP contribution in [-0.2, 0) is 99.3 Å². The number of unbranched alkanes of at least 4 members (excludes halogenated alkanes) is 6. The van der Waals surface area contributed by atoms with E-state index in [0.29, 0.717) is 154 Å². The fraction of sp³-hybridized carbons (Fsp3) is 0.426. The number of amides is 12. The van der Waals surface area contributed by atoms with Crippen molar-refractivity contribution >= 4 is 154 Å². The molecule has 34 nitrogen and oxygen atoms in total. The number of nitrogens with two attached hydrogens (primary N) is 2. The highest BCUT2D eigenvalue weighted by Gasteiger charge is 2.51. The molecule has 0 unspecified atom stereocenters. The highest BCUT2D eigenvalue weighted by atomic mass is 16.6. The van der Waals surface area contributed by atoms with Gasteiger partial charge in [-0.15, -0.1) is 0 Å². The number of esters is 2. The Morgan fingerprint density at radius 3 is 1.12 bits per heavy atom. The average Bonchev–Trinajstić information content (AvgIpc) is 1.03. The van der Waals surface area contributed by atoms with Gasteiger partial charge in [-0.05, 0) is 213 Å². The molecule has 12 N–H and O–H groups in total. The quantitative estimate of drug-likeness (QED) is 0.00490. The van der Waals surface area contributed by atoms with Gasteiger partial charge >= 0.3 is 48.1 Å². The molecule has 4 aromatic rings. The number of hydrogen-bond acceptors (Lipinski definition) is 22. The molecule has 12 amide bonds. The van der Waals surface area contributed by atoms with Crippen LogP contribution in [0.3, 0.4) is 0 Å². The van der Waals surface area contributed by atoms with Crippen molar-refractivity contribution in [2.45, 2.75) is 207 Å². The molecule has 128 heavy (non-hydrogen) atoms. The predicted molar refractivity (Wildman–Crippen MR) is 474 cm³/mol. The van der Waals surface area contributed by atoms with Crippen LogP contribution in [0, 0.1) is 22.7 Å². The van der Waals surface area contributed by atoms with Gasteiger partial charge in [0.1, 0.15) is 47.5 Å². The summed E-state index contributed by atoms with van der Waals surface area (Å²) in [5.41, 5.74) is 10.9. The minimum Gasteiger partial charge on any atom is -0.478 e. The summed E-state index contributed by atoms with van der Waals surface area (Å²) in [4.78, 5) is 227. The van der Waals surface area contributed by atoms with Crippen LogP contribution in [-0.4, -0.2) is 164 Å². The van der Waals surface area contributed by atoms with Crippen LogP contribution in [0.1, 0.15) is 216 Å². The van der Waals surface area contributed by atoms with Gasteiger partial charge in [-0.2, -0.15) is 0 Å². The number of carbonyl (C=O) groups is 18. The summed E-state index contributed by atoms with van der Waals surface area (Å²) in [5, 5.41) is 33.8. The van der Waals surface area contributed by atoms with Crippen molar-refractivity contribution in [3.05, 3.63) is 167 Å². The molecular formula is C94H114N10O24. The number of primary amides is 2. The van der Waals surface area contributed by atoms with Crippen molar-refractivity contribution < 1.29 is 115 Å². The molecule has 4 aromatic carbocycles. The SMILES string of the molecule is CC(C)(C)OC(=O)/C=C/c1ccc(/C=C/C(=O)OC(C)(C)C)c(NC(=O)OCc2ccc(NC(=O)[C@H](CCCNC(N)=O)CC(=O)C3(C(=O)CCCCCCN4C(=O)C=CC4=O)CCC3)cc2)c1.NC(=O)NCCC[C@H](CC(=O)C1(C(=O)CCCCCCN2C(=O)C=CC2=O)CCC1)C(=O)Nc1ccc(COC(=O)Nc2cc(/C=C/C(=O)O)ccc2/C=C/C(=O)O)cc1. The zero-order chi connectivity index (χ0) is 93.7. The van der Waals surface area contributed by atoms with Gasteiger partial charge in [0.25, 0.3) is 23.6 Å². The van der Waals surface area contributed by atoms with Crippen molar-refractivity contribution in [1.82, 2.24) is 20.4 Å². The van der Waals surface area contributed by atoms with E-state index in [1.807, 2.05) is 0 Å². The van der Waals surface area contributed by atoms with Gasteiger partial charge in [0.05, 0.1) is 22.2 Å². The Labute approximate surface area is 741 Å². The Bertz CT molecular complexity index is 4910. The van der Waals surface area contributed by atoms with Gasteiger partial charge in [0.15, 0.2) is 0 Å². The lowest BCUT2D eigenvalue weighted by molar-refractivity contribution is -0.149. The number of nitrogens with one attached hydrogen (secondary N) is 6. The van der Waals surface area contributed by atoms with Crippen molar-refractivity contribution in [1.29, 1.82) is 0 Å². The first-order valence-electron chi connectivity index (χ1n) is 42.6. The summed E-state index contributed by atoms with van der Waals surface area (Å²) >= 11 is 0. The number of hydrogen-bond donors (Lipinski definition) is 10. The highest BCUT2D eigenvalue weighted by Crippen LogP contribution is 2.47. The Hall–Kier alpha value is -13.8.